The maximum absolute atomic E-state index is 12.3. The molecule has 4 heteroatoms. The summed E-state index contributed by atoms with van der Waals surface area (Å²) in [6.45, 7) is 0. The van der Waals surface area contributed by atoms with E-state index in [4.69, 9.17) is 4.99 Å². The van der Waals surface area contributed by atoms with Crippen LogP contribution in [0.3, 0.4) is 0 Å². The molecule has 1 aliphatic heterocycles. The second-order valence-electron chi connectivity index (χ2n) is 5.59. The van der Waals surface area contributed by atoms with Crippen LogP contribution < -0.4 is 0 Å². The molecule has 1 aromatic carbocycles. The van der Waals surface area contributed by atoms with Gasteiger partial charge < -0.3 is 0 Å². The van der Waals surface area contributed by atoms with Crippen molar-refractivity contribution in [2.45, 2.75) is 38.1 Å². The summed E-state index contributed by atoms with van der Waals surface area (Å²) in [5, 5.41) is 0.856. The van der Waals surface area contributed by atoms with Crippen LogP contribution in [-0.2, 0) is 4.79 Å². The van der Waals surface area contributed by atoms with E-state index >= 15 is 0 Å². The summed E-state index contributed by atoms with van der Waals surface area (Å²) in [5.41, 5.74) is 1.06. The minimum atomic E-state index is 0.0541. The smallest absolute Gasteiger partial charge is 0.266 e. The first kappa shape index (κ1) is 14.4. The van der Waals surface area contributed by atoms with Crippen molar-refractivity contribution in [3.63, 3.8) is 0 Å². The molecule has 0 aromatic heterocycles. The Bertz CT molecular complexity index is 574. The molecular formula is C17H20N2OS. The number of amides is 1. The third-order valence-electron chi connectivity index (χ3n) is 3.97. The predicted molar refractivity (Wildman–Crippen MR) is 89.1 cm³/mol. The van der Waals surface area contributed by atoms with Crippen LogP contribution in [0.2, 0.25) is 0 Å². The number of carbonyl (C=O) groups excluding carboxylic acids is 1. The Hall–Kier alpha value is -1.55. The van der Waals surface area contributed by atoms with Crippen molar-refractivity contribution in [3.05, 3.63) is 40.8 Å². The molecule has 1 aliphatic carbocycles. The Kier molecular flexibility index (Phi) is 4.44. The number of thioether (sulfide) groups is 1. The second-order valence-corrected chi connectivity index (χ2v) is 6.60. The average molecular weight is 300 g/mol. The van der Waals surface area contributed by atoms with Gasteiger partial charge in [0.15, 0.2) is 5.17 Å². The van der Waals surface area contributed by atoms with Crippen molar-refractivity contribution < 1.29 is 4.79 Å². The molecule has 1 amide bonds. The molecule has 0 atom stereocenters. The zero-order valence-electron chi connectivity index (χ0n) is 12.3. The first-order valence-corrected chi connectivity index (χ1v) is 8.36. The van der Waals surface area contributed by atoms with Crippen molar-refractivity contribution in [2.24, 2.45) is 4.99 Å². The van der Waals surface area contributed by atoms with Gasteiger partial charge in [-0.3, -0.25) is 14.7 Å². The van der Waals surface area contributed by atoms with Crippen LogP contribution in [0.5, 0.6) is 0 Å². The van der Waals surface area contributed by atoms with Crippen molar-refractivity contribution in [1.29, 1.82) is 0 Å². The highest BCUT2D eigenvalue weighted by atomic mass is 32.2. The number of amidine groups is 1. The standard InChI is InChI=1S/C17H20N2OS/c1-19-16(20)15(12-13-8-4-2-5-9-13)21-17(19)18-14-10-6-3-7-11-14/h2,4-5,8-9,12,14H,3,6-7,10-11H2,1H3. The van der Waals surface area contributed by atoms with Crippen LogP contribution in [0, 0.1) is 0 Å². The maximum atomic E-state index is 12.3. The fourth-order valence-electron chi connectivity index (χ4n) is 2.73. The maximum Gasteiger partial charge on any atom is 0.266 e. The van der Waals surface area contributed by atoms with E-state index in [1.807, 2.05) is 43.5 Å². The van der Waals surface area contributed by atoms with E-state index in [-0.39, 0.29) is 5.91 Å². The lowest BCUT2D eigenvalue weighted by molar-refractivity contribution is -0.121. The average Bonchev–Trinajstić information content (AvgIpc) is 2.78. The molecule has 0 N–H and O–H groups in total. The lowest BCUT2D eigenvalue weighted by atomic mass is 9.96. The highest BCUT2D eigenvalue weighted by molar-refractivity contribution is 8.18. The van der Waals surface area contributed by atoms with Gasteiger partial charge in [0.25, 0.3) is 5.91 Å². The predicted octanol–water partition coefficient (Wildman–Crippen LogP) is 3.92. The molecule has 2 aliphatic rings. The first-order valence-electron chi connectivity index (χ1n) is 7.54. The van der Waals surface area contributed by atoms with E-state index < -0.39 is 0 Å². The van der Waals surface area contributed by atoms with Gasteiger partial charge in [-0.15, -0.1) is 0 Å². The van der Waals surface area contributed by atoms with Crippen molar-refractivity contribution >= 4 is 28.9 Å². The SMILES string of the molecule is CN1C(=O)C(=Cc2ccccc2)SC1=NC1CCCCC1. The molecule has 3 rings (SSSR count). The van der Waals surface area contributed by atoms with E-state index in [0.29, 0.717) is 6.04 Å². The largest absolute Gasteiger partial charge is 0.290 e. The molecular weight excluding hydrogens is 280 g/mol. The van der Waals surface area contributed by atoms with Gasteiger partial charge >= 0.3 is 0 Å². The molecule has 1 saturated carbocycles. The summed E-state index contributed by atoms with van der Waals surface area (Å²) < 4.78 is 0. The molecule has 2 fully saturated rings. The molecule has 0 spiro atoms. The minimum Gasteiger partial charge on any atom is -0.290 e. The second kappa shape index (κ2) is 6.48. The van der Waals surface area contributed by atoms with E-state index in [1.165, 1.54) is 31.0 Å². The molecule has 1 heterocycles. The minimum absolute atomic E-state index is 0.0541. The Morgan fingerprint density at radius 3 is 2.62 bits per heavy atom. The third kappa shape index (κ3) is 3.38. The summed E-state index contributed by atoms with van der Waals surface area (Å²) in [4.78, 5) is 19.6. The number of hydrogen-bond donors (Lipinski definition) is 0. The van der Waals surface area contributed by atoms with Crippen LogP contribution >= 0.6 is 11.8 Å². The Morgan fingerprint density at radius 2 is 1.90 bits per heavy atom. The number of hydrogen-bond acceptors (Lipinski definition) is 3. The van der Waals surface area contributed by atoms with Crippen LogP contribution in [0.1, 0.15) is 37.7 Å². The number of nitrogens with zero attached hydrogens (tertiary/aromatic N) is 2. The third-order valence-corrected chi connectivity index (χ3v) is 5.04. The van der Waals surface area contributed by atoms with Crippen molar-refractivity contribution in [1.82, 2.24) is 4.90 Å². The van der Waals surface area contributed by atoms with Gasteiger partial charge in [-0.1, -0.05) is 49.6 Å². The lowest BCUT2D eigenvalue weighted by Gasteiger charge is -2.19. The van der Waals surface area contributed by atoms with Crippen LogP contribution in [0.15, 0.2) is 40.2 Å². The lowest BCUT2D eigenvalue weighted by Crippen LogP contribution is -2.25. The summed E-state index contributed by atoms with van der Waals surface area (Å²) in [5.74, 6) is 0.0541. The number of likely N-dealkylation sites (N-methyl/N-ethyl adjacent to an activating group) is 1. The number of rotatable bonds is 2. The Balaban J connectivity index is 1.78. The fourth-order valence-corrected chi connectivity index (χ4v) is 3.77. The molecule has 0 bridgehead atoms. The summed E-state index contributed by atoms with van der Waals surface area (Å²) in [6, 6.07) is 10.4. The summed E-state index contributed by atoms with van der Waals surface area (Å²) >= 11 is 1.50. The summed E-state index contributed by atoms with van der Waals surface area (Å²) in [6.07, 6.45) is 8.11. The van der Waals surface area contributed by atoms with Crippen molar-refractivity contribution in [3.8, 4) is 0 Å². The molecule has 0 unspecified atom stereocenters. The Labute approximate surface area is 130 Å². The van der Waals surface area contributed by atoms with Crippen LogP contribution in [0.4, 0.5) is 0 Å². The topological polar surface area (TPSA) is 32.7 Å². The monoisotopic (exact) mass is 300 g/mol. The summed E-state index contributed by atoms with van der Waals surface area (Å²) in [7, 11) is 1.82. The van der Waals surface area contributed by atoms with E-state index in [2.05, 4.69) is 0 Å². The van der Waals surface area contributed by atoms with E-state index in [0.717, 1.165) is 28.5 Å². The number of aliphatic imine (C=N–C) groups is 1. The van der Waals surface area contributed by atoms with E-state index in [9.17, 15) is 4.79 Å². The van der Waals surface area contributed by atoms with Gasteiger partial charge in [0, 0.05) is 7.05 Å². The zero-order chi connectivity index (χ0) is 14.7. The van der Waals surface area contributed by atoms with Crippen LogP contribution in [0.25, 0.3) is 6.08 Å². The van der Waals surface area contributed by atoms with Gasteiger partial charge in [0.1, 0.15) is 0 Å². The van der Waals surface area contributed by atoms with Gasteiger partial charge in [-0.2, -0.15) is 0 Å². The quantitative estimate of drug-likeness (QED) is 0.775. The molecule has 21 heavy (non-hydrogen) atoms. The Morgan fingerprint density at radius 1 is 1.19 bits per heavy atom. The highest BCUT2D eigenvalue weighted by Crippen LogP contribution is 2.33. The molecule has 1 saturated heterocycles. The van der Waals surface area contributed by atoms with Gasteiger partial charge in [0.2, 0.25) is 0 Å². The molecule has 0 radical (unpaired) electrons. The number of benzene rings is 1. The zero-order valence-corrected chi connectivity index (χ0v) is 13.1. The highest BCUT2D eigenvalue weighted by Gasteiger charge is 2.31. The normalized spacial score (nSPS) is 24.2. The molecule has 3 nitrogen and oxygen atoms in total. The van der Waals surface area contributed by atoms with E-state index in [1.54, 1.807) is 4.90 Å². The van der Waals surface area contributed by atoms with Crippen LogP contribution in [-0.4, -0.2) is 29.1 Å². The van der Waals surface area contributed by atoms with Gasteiger partial charge in [-0.05, 0) is 36.2 Å². The molecule has 1 aromatic rings. The first-order chi connectivity index (χ1) is 10.2. The molecule has 110 valence electrons. The number of carbonyl (C=O) groups is 1. The van der Waals surface area contributed by atoms with Gasteiger partial charge in [-0.25, -0.2) is 0 Å². The fraction of sp³-hybridized carbons (Fsp3) is 0.412. The van der Waals surface area contributed by atoms with Gasteiger partial charge in [0.05, 0.1) is 10.9 Å². The van der Waals surface area contributed by atoms with Crippen molar-refractivity contribution in [2.75, 3.05) is 7.05 Å².